The van der Waals surface area contributed by atoms with Crippen LogP contribution in [0.2, 0.25) is 0 Å². The first-order valence-corrected chi connectivity index (χ1v) is 7.94. The van der Waals surface area contributed by atoms with Gasteiger partial charge in [0.1, 0.15) is 6.04 Å². The van der Waals surface area contributed by atoms with Gasteiger partial charge in [-0.1, -0.05) is 6.07 Å². The maximum Gasteiger partial charge on any atom is 0.253 e. The summed E-state index contributed by atoms with van der Waals surface area (Å²) in [5, 5.41) is 2.91. The molecule has 5 nitrogen and oxygen atoms in total. The van der Waals surface area contributed by atoms with Gasteiger partial charge in [-0.25, -0.2) is 0 Å². The van der Waals surface area contributed by atoms with Crippen molar-refractivity contribution in [2.24, 2.45) is 0 Å². The number of hydrogen-bond acceptors (Lipinski definition) is 3. The van der Waals surface area contributed by atoms with Crippen LogP contribution in [-0.2, 0) is 4.79 Å². The summed E-state index contributed by atoms with van der Waals surface area (Å²) in [7, 11) is 0. The van der Waals surface area contributed by atoms with Crippen LogP contribution in [0.3, 0.4) is 0 Å². The van der Waals surface area contributed by atoms with Gasteiger partial charge in [0.25, 0.3) is 5.91 Å². The summed E-state index contributed by atoms with van der Waals surface area (Å²) >= 11 is 0. The third kappa shape index (κ3) is 2.86. The van der Waals surface area contributed by atoms with Crippen LogP contribution in [0.25, 0.3) is 0 Å². The van der Waals surface area contributed by atoms with Gasteiger partial charge in [-0.2, -0.15) is 0 Å². The average molecular weight is 301 g/mol. The SMILES string of the molecule is Cc1ccc(C(=O)N2CCCN3CCNC(=O)C3C2)cc1C. The van der Waals surface area contributed by atoms with Gasteiger partial charge in [0.15, 0.2) is 0 Å². The summed E-state index contributed by atoms with van der Waals surface area (Å²) in [4.78, 5) is 28.9. The fourth-order valence-corrected chi connectivity index (χ4v) is 3.23. The van der Waals surface area contributed by atoms with Gasteiger partial charge in [0.2, 0.25) is 5.91 Å². The van der Waals surface area contributed by atoms with E-state index in [1.165, 1.54) is 5.56 Å². The van der Waals surface area contributed by atoms with Crippen LogP contribution < -0.4 is 5.32 Å². The molecule has 3 rings (SSSR count). The molecule has 0 radical (unpaired) electrons. The summed E-state index contributed by atoms with van der Waals surface area (Å²) in [6.07, 6.45) is 0.917. The molecule has 0 aromatic heterocycles. The Labute approximate surface area is 131 Å². The number of carbonyl (C=O) groups is 2. The fraction of sp³-hybridized carbons (Fsp3) is 0.529. The summed E-state index contributed by atoms with van der Waals surface area (Å²) < 4.78 is 0. The summed E-state index contributed by atoms with van der Waals surface area (Å²) in [6.45, 7) is 7.73. The number of fused-ring (bicyclic) bond motifs is 1. The number of benzene rings is 1. The topological polar surface area (TPSA) is 52.7 Å². The van der Waals surface area contributed by atoms with Crippen LogP contribution >= 0.6 is 0 Å². The van der Waals surface area contributed by atoms with Crippen LogP contribution in [0.4, 0.5) is 0 Å². The molecule has 2 aliphatic heterocycles. The van der Waals surface area contributed by atoms with E-state index in [0.29, 0.717) is 25.2 Å². The van der Waals surface area contributed by atoms with E-state index in [-0.39, 0.29) is 17.9 Å². The van der Waals surface area contributed by atoms with Gasteiger partial charge in [0, 0.05) is 38.3 Å². The van der Waals surface area contributed by atoms with Gasteiger partial charge < -0.3 is 10.2 Å². The maximum atomic E-state index is 12.8. The largest absolute Gasteiger partial charge is 0.353 e. The van der Waals surface area contributed by atoms with Gasteiger partial charge in [-0.3, -0.25) is 14.5 Å². The van der Waals surface area contributed by atoms with E-state index in [2.05, 4.69) is 10.2 Å². The number of carbonyl (C=O) groups excluding carboxylic acids is 2. The van der Waals surface area contributed by atoms with E-state index in [9.17, 15) is 9.59 Å². The molecule has 1 unspecified atom stereocenters. The minimum Gasteiger partial charge on any atom is -0.353 e. The van der Waals surface area contributed by atoms with Crippen molar-refractivity contribution in [2.75, 3.05) is 32.7 Å². The number of hydrogen-bond donors (Lipinski definition) is 1. The third-order valence-electron chi connectivity index (χ3n) is 4.75. The lowest BCUT2D eigenvalue weighted by Crippen LogP contribution is -2.58. The lowest BCUT2D eigenvalue weighted by molar-refractivity contribution is -0.128. The number of aryl methyl sites for hydroxylation is 2. The summed E-state index contributed by atoms with van der Waals surface area (Å²) in [5.74, 6) is 0.0781. The second-order valence-corrected chi connectivity index (χ2v) is 6.25. The molecule has 2 heterocycles. The van der Waals surface area contributed by atoms with E-state index in [1.54, 1.807) is 0 Å². The molecule has 118 valence electrons. The molecule has 22 heavy (non-hydrogen) atoms. The Hall–Kier alpha value is -1.88. The fourth-order valence-electron chi connectivity index (χ4n) is 3.23. The number of rotatable bonds is 1. The number of piperazine rings is 1. The van der Waals surface area contributed by atoms with Crippen LogP contribution in [0.15, 0.2) is 18.2 Å². The number of nitrogens with one attached hydrogen (secondary N) is 1. The van der Waals surface area contributed by atoms with Crippen molar-refractivity contribution in [2.45, 2.75) is 26.3 Å². The first-order valence-electron chi connectivity index (χ1n) is 7.94. The molecule has 0 saturated carbocycles. The zero-order chi connectivity index (χ0) is 15.7. The Balaban J connectivity index is 1.79. The van der Waals surface area contributed by atoms with Crippen molar-refractivity contribution in [1.82, 2.24) is 15.1 Å². The second kappa shape index (κ2) is 6.08. The zero-order valence-corrected chi connectivity index (χ0v) is 13.3. The number of amides is 2. The second-order valence-electron chi connectivity index (χ2n) is 6.25. The number of nitrogens with zero attached hydrogens (tertiary/aromatic N) is 2. The Morgan fingerprint density at radius 3 is 2.77 bits per heavy atom. The van der Waals surface area contributed by atoms with Crippen molar-refractivity contribution in [3.8, 4) is 0 Å². The smallest absolute Gasteiger partial charge is 0.253 e. The van der Waals surface area contributed by atoms with E-state index >= 15 is 0 Å². The van der Waals surface area contributed by atoms with Gasteiger partial charge in [-0.05, 0) is 43.5 Å². The highest BCUT2D eigenvalue weighted by Crippen LogP contribution is 2.17. The predicted octanol–water partition coefficient (Wildman–Crippen LogP) is 0.950. The highest BCUT2D eigenvalue weighted by molar-refractivity contribution is 5.95. The summed E-state index contributed by atoms with van der Waals surface area (Å²) in [5.41, 5.74) is 3.02. The van der Waals surface area contributed by atoms with Crippen LogP contribution in [-0.4, -0.2) is 60.4 Å². The highest BCUT2D eigenvalue weighted by atomic mass is 16.2. The van der Waals surface area contributed by atoms with E-state index in [1.807, 2.05) is 36.9 Å². The van der Waals surface area contributed by atoms with Crippen molar-refractivity contribution in [3.05, 3.63) is 34.9 Å². The Kier molecular flexibility index (Phi) is 4.16. The molecular weight excluding hydrogens is 278 g/mol. The molecule has 0 aliphatic carbocycles. The molecule has 5 heteroatoms. The van der Waals surface area contributed by atoms with Crippen LogP contribution in [0.5, 0.6) is 0 Å². The van der Waals surface area contributed by atoms with Crippen molar-refractivity contribution >= 4 is 11.8 Å². The molecule has 2 amide bonds. The molecule has 2 fully saturated rings. The van der Waals surface area contributed by atoms with Crippen molar-refractivity contribution in [1.29, 1.82) is 0 Å². The van der Waals surface area contributed by atoms with Crippen LogP contribution in [0, 0.1) is 13.8 Å². The molecule has 0 spiro atoms. The molecule has 1 aromatic carbocycles. The molecule has 1 aromatic rings. The molecule has 2 aliphatic rings. The summed E-state index contributed by atoms with van der Waals surface area (Å²) in [6, 6.07) is 5.61. The van der Waals surface area contributed by atoms with E-state index < -0.39 is 0 Å². The van der Waals surface area contributed by atoms with E-state index in [4.69, 9.17) is 0 Å². The maximum absolute atomic E-state index is 12.8. The molecule has 0 bridgehead atoms. The van der Waals surface area contributed by atoms with Crippen molar-refractivity contribution in [3.63, 3.8) is 0 Å². The van der Waals surface area contributed by atoms with Crippen LogP contribution in [0.1, 0.15) is 27.9 Å². The Morgan fingerprint density at radius 1 is 1.18 bits per heavy atom. The lowest BCUT2D eigenvalue weighted by atomic mass is 10.1. The quantitative estimate of drug-likeness (QED) is 0.840. The molecule has 2 saturated heterocycles. The van der Waals surface area contributed by atoms with Crippen molar-refractivity contribution < 1.29 is 9.59 Å². The minimum atomic E-state index is -0.202. The standard InChI is InChI=1S/C17H23N3O2/c1-12-4-5-14(10-13(12)2)17(22)20-8-3-7-19-9-6-18-16(21)15(19)11-20/h4-5,10,15H,3,6-9,11H2,1-2H3,(H,18,21). The monoisotopic (exact) mass is 301 g/mol. The molecule has 1 N–H and O–H groups in total. The normalized spacial score (nSPS) is 22.7. The van der Waals surface area contributed by atoms with E-state index in [0.717, 1.165) is 25.1 Å². The lowest BCUT2D eigenvalue weighted by Gasteiger charge is -2.34. The third-order valence-corrected chi connectivity index (χ3v) is 4.75. The zero-order valence-electron chi connectivity index (χ0n) is 13.3. The molecule has 1 atom stereocenters. The minimum absolute atomic E-state index is 0.0309. The first-order chi connectivity index (χ1) is 10.6. The molecular formula is C17H23N3O2. The first kappa shape index (κ1) is 15.0. The van der Waals surface area contributed by atoms with Gasteiger partial charge >= 0.3 is 0 Å². The highest BCUT2D eigenvalue weighted by Gasteiger charge is 2.34. The predicted molar refractivity (Wildman–Crippen MR) is 84.8 cm³/mol. The Morgan fingerprint density at radius 2 is 2.00 bits per heavy atom. The average Bonchev–Trinajstić information content (AvgIpc) is 2.73. The van der Waals surface area contributed by atoms with Gasteiger partial charge in [0.05, 0.1) is 0 Å². The Bertz CT molecular complexity index is 600. The van der Waals surface area contributed by atoms with Gasteiger partial charge in [-0.15, -0.1) is 0 Å².